The van der Waals surface area contributed by atoms with E-state index >= 15 is 0 Å². The summed E-state index contributed by atoms with van der Waals surface area (Å²) in [7, 11) is 1.76. The number of hydrogen-bond acceptors (Lipinski definition) is 10. The summed E-state index contributed by atoms with van der Waals surface area (Å²) in [4.78, 5) is 62.0. The summed E-state index contributed by atoms with van der Waals surface area (Å²) in [5, 5.41) is 29.8. The van der Waals surface area contributed by atoms with Gasteiger partial charge in [-0.05, 0) is 88.4 Å². The maximum atomic E-state index is 14.0. The molecule has 6 rings (SSSR count). The van der Waals surface area contributed by atoms with E-state index in [2.05, 4.69) is 52.1 Å². The number of aliphatic hydroxyl groups is 1. The van der Waals surface area contributed by atoms with E-state index < -0.39 is 29.5 Å². The quantitative estimate of drug-likeness (QED) is 0.0360. The van der Waals surface area contributed by atoms with E-state index in [0.717, 1.165) is 56.1 Å². The number of phenols is 1. The van der Waals surface area contributed by atoms with Gasteiger partial charge >= 0.3 is 0 Å². The third-order valence-corrected chi connectivity index (χ3v) is 13.2. The zero-order valence-electron chi connectivity index (χ0n) is 40.1. The summed E-state index contributed by atoms with van der Waals surface area (Å²) in [5.41, 5.74) is 10.5. The smallest absolute Gasteiger partial charge is 0.246 e. The molecular formula is C54H66N6O7S. The van der Waals surface area contributed by atoms with Crippen LogP contribution in [-0.4, -0.2) is 107 Å². The second-order valence-electron chi connectivity index (χ2n) is 18.3. The van der Waals surface area contributed by atoms with Gasteiger partial charge in [-0.3, -0.25) is 19.2 Å². The zero-order valence-corrected chi connectivity index (χ0v) is 40.9. The van der Waals surface area contributed by atoms with Crippen molar-refractivity contribution in [2.45, 2.75) is 91.5 Å². The molecule has 0 bridgehead atoms. The maximum Gasteiger partial charge on any atom is 0.246 e. The second kappa shape index (κ2) is 24.1. The molecule has 1 fully saturated rings. The molecule has 4 aromatic carbocycles. The molecule has 14 heteroatoms. The topological polar surface area (TPSA) is 173 Å². The van der Waals surface area contributed by atoms with Crippen molar-refractivity contribution < 1.29 is 34.1 Å². The number of allylic oxidation sites excluding steroid dienone is 1. The second-order valence-corrected chi connectivity index (χ2v) is 19.2. The largest absolute Gasteiger partial charge is 0.508 e. The molecule has 68 heavy (non-hydrogen) atoms. The molecule has 2 heterocycles. The lowest BCUT2D eigenvalue weighted by Crippen LogP contribution is -2.57. The van der Waals surface area contributed by atoms with E-state index in [9.17, 15) is 29.4 Å². The van der Waals surface area contributed by atoms with Crippen LogP contribution in [-0.2, 0) is 30.5 Å². The molecule has 1 saturated heterocycles. The number of phenolic OH excluding ortho intramolecular Hbond substituents is 1. The molecule has 5 aromatic rings. The van der Waals surface area contributed by atoms with Crippen molar-refractivity contribution >= 4 is 51.8 Å². The third-order valence-electron chi connectivity index (χ3n) is 12.2. The van der Waals surface area contributed by atoms with Gasteiger partial charge < -0.3 is 40.7 Å². The number of aliphatic hydroxyl groups excluding tert-OH is 1. The minimum absolute atomic E-state index is 0.00733. The standard InChI is InChI=1S/C54H66N6O7S/c1-7-45(38-12-9-8-10-13-38)49(40-21-25-43(61)26-22-40)39-19-23-42(24-20-39)55-28-29-59(6)48(64)27-31-67-30-11-14-47(63)58-51(54(3,4)5)53(66)60-34-44(62)32-46(60)52(65)56-33-37-15-17-41(18-16-37)50-36(2)57-35-68-50/h8-10,12-13,15-26,35,44,46,51,55,61-62H,7,11,14,27-34H2,1-6H3,(H,56,65)(H,58,63)/b49-45+/t44-,46+,51-/m1/s1. The highest BCUT2D eigenvalue weighted by Gasteiger charge is 2.44. The number of aromatic nitrogens is 1. The highest BCUT2D eigenvalue weighted by atomic mass is 32.1. The number of carbonyl (C=O) groups is 4. The van der Waals surface area contributed by atoms with Crippen molar-refractivity contribution in [2.24, 2.45) is 5.41 Å². The first kappa shape index (κ1) is 51.0. The molecule has 0 saturated carbocycles. The molecule has 0 unspecified atom stereocenters. The number of β-amino-alcohol motifs (C(OH)–C–C–N with tert-alkyl or cyclic N) is 1. The molecule has 360 valence electrons. The Bertz CT molecular complexity index is 2480. The summed E-state index contributed by atoms with van der Waals surface area (Å²) in [5.74, 6) is -0.948. The molecule has 5 N–H and O–H groups in total. The van der Waals surface area contributed by atoms with Crippen LogP contribution in [0.4, 0.5) is 5.69 Å². The number of carbonyl (C=O) groups excluding carboxylic acids is 4. The number of rotatable bonds is 21. The Morgan fingerprint density at radius 1 is 0.897 bits per heavy atom. The first-order valence-corrected chi connectivity index (χ1v) is 24.3. The van der Waals surface area contributed by atoms with Crippen LogP contribution in [0.15, 0.2) is 109 Å². The molecule has 0 spiro atoms. The number of hydrogen-bond donors (Lipinski definition) is 5. The van der Waals surface area contributed by atoms with Crippen LogP contribution in [0.3, 0.4) is 0 Å². The van der Waals surface area contributed by atoms with Crippen molar-refractivity contribution in [3.8, 4) is 16.2 Å². The van der Waals surface area contributed by atoms with Crippen LogP contribution in [0, 0.1) is 12.3 Å². The van der Waals surface area contributed by atoms with Crippen LogP contribution in [0.25, 0.3) is 21.6 Å². The van der Waals surface area contributed by atoms with Crippen LogP contribution >= 0.6 is 11.3 Å². The molecule has 1 aliphatic rings. The number of nitrogens with zero attached hydrogens (tertiary/aromatic N) is 3. The van der Waals surface area contributed by atoms with Gasteiger partial charge in [0.2, 0.25) is 23.6 Å². The van der Waals surface area contributed by atoms with Crippen molar-refractivity contribution in [2.75, 3.05) is 45.2 Å². The Kier molecular flexibility index (Phi) is 18.1. The minimum atomic E-state index is -0.929. The fraction of sp³-hybridized carbons (Fsp3) is 0.389. The normalized spacial score (nSPS) is 15.6. The number of benzene rings is 4. The van der Waals surface area contributed by atoms with Gasteiger partial charge in [-0.15, -0.1) is 11.3 Å². The van der Waals surface area contributed by atoms with Gasteiger partial charge in [0.1, 0.15) is 17.8 Å². The van der Waals surface area contributed by atoms with Crippen molar-refractivity contribution in [1.29, 1.82) is 0 Å². The van der Waals surface area contributed by atoms with E-state index in [1.165, 1.54) is 10.5 Å². The first-order chi connectivity index (χ1) is 32.6. The molecule has 1 aliphatic heterocycles. The van der Waals surface area contributed by atoms with Crippen LogP contribution in [0.5, 0.6) is 5.75 Å². The van der Waals surface area contributed by atoms with Crippen molar-refractivity contribution in [1.82, 2.24) is 25.4 Å². The Labute approximate surface area is 404 Å². The molecule has 13 nitrogen and oxygen atoms in total. The lowest BCUT2D eigenvalue weighted by molar-refractivity contribution is -0.144. The Hall–Kier alpha value is -6.35. The highest BCUT2D eigenvalue weighted by Crippen LogP contribution is 2.36. The number of likely N-dealkylation sites (tertiary alicyclic amines) is 1. The van der Waals surface area contributed by atoms with E-state index in [0.29, 0.717) is 19.5 Å². The number of likely N-dealkylation sites (N-methyl/N-ethyl adjacent to an activating group) is 1. The molecule has 0 radical (unpaired) electrons. The molecular weight excluding hydrogens is 877 g/mol. The lowest BCUT2D eigenvalue weighted by atomic mass is 9.85. The highest BCUT2D eigenvalue weighted by molar-refractivity contribution is 7.13. The zero-order chi connectivity index (χ0) is 48.8. The average molecular weight is 943 g/mol. The van der Waals surface area contributed by atoms with Gasteiger partial charge in [0, 0.05) is 58.4 Å². The van der Waals surface area contributed by atoms with Gasteiger partial charge in [-0.2, -0.15) is 0 Å². The molecule has 3 atom stereocenters. The molecule has 1 aromatic heterocycles. The minimum Gasteiger partial charge on any atom is -0.508 e. The number of amides is 4. The van der Waals surface area contributed by atoms with E-state index in [-0.39, 0.29) is 69.0 Å². The summed E-state index contributed by atoms with van der Waals surface area (Å²) < 4.78 is 5.73. The van der Waals surface area contributed by atoms with Gasteiger partial charge in [0.25, 0.3) is 0 Å². The fourth-order valence-electron chi connectivity index (χ4n) is 8.36. The first-order valence-electron chi connectivity index (χ1n) is 23.4. The number of thiazole rings is 1. The van der Waals surface area contributed by atoms with E-state index in [1.54, 1.807) is 35.4 Å². The summed E-state index contributed by atoms with van der Waals surface area (Å²) in [6.45, 7) is 11.4. The number of aryl methyl sites for hydroxylation is 1. The van der Waals surface area contributed by atoms with Gasteiger partial charge in [-0.25, -0.2) is 4.98 Å². The van der Waals surface area contributed by atoms with Crippen LogP contribution < -0.4 is 16.0 Å². The Morgan fingerprint density at radius 2 is 1.57 bits per heavy atom. The Balaban J connectivity index is 0.904. The third kappa shape index (κ3) is 13.9. The number of aromatic hydroxyl groups is 1. The van der Waals surface area contributed by atoms with Gasteiger partial charge in [0.05, 0.1) is 35.2 Å². The SMILES string of the molecule is CC/C(=C(\c1ccc(O)cc1)c1ccc(NCCN(C)C(=O)CCOCCCC(=O)N[C@H](C(=O)N2C[C@H](O)C[C@H]2C(=O)NCc2ccc(-c3scnc3C)cc2)C(C)(C)C)cc1)c1ccccc1. The summed E-state index contributed by atoms with van der Waals surface area (Å²) in [6.07, 6.45) is 0.756. The van der Waals surface area contributed by atoms with E-state index in [4.69, 9.17) is 4.74 Å². The fourth-order valence-corrected chi connectivity index (χ4v) is 9.17. The van der Waals surface area contributed by atoms with Gasteiger partial charge in [0.15, 0.2) is 0 Å². The monoisotopic (exact) mass is 942 g/mol. The number of nitrogens with one attached hydrogen (secondary N) is 3. The average Bonchev–Trinajstić information content (AvgIpc) is 3.95. The summed E-state index contributed by atoms with van der Waals surface area (Å²) in [6, 6.07) is 32.0. The van der Waals surface area contributed by atoms with Crippen LogP contribution in [0.2, 0.25) is 0 Å². The Morgan fingerprint density at radius 3 is 2.21 bits per heavy atom. The van der Waals surface area contributed by atoms with Crippen LogP contribution in [0.1, 0.15) is 87.7 Å². The summed E-state index contributed by atoms with van der Waals surface area (Å²) >= 11 is 1.57. The lowest BCUT2D eigenvalue weighted by Gasteiger charge is -2.35. The van der Waals surface area contributed by atoms with Crippen molar-refractivity contribution in [3.05, 3.63) is 137 Å². The number of anilines is 1. The van der Waals surface area contributed by atoms with Crippen molar-refractivity contribution in [3.63, 3.8) is 0 Å². The predicted molar refractivity (Wildman–Crippen MR) is 270 cm³/mol. The predicted octanol–water partition coefficient (Wildman–Crippen LogP) is 8.06. The van der Waals surface area contributed by atoms with E-state index in [1.807, 2.05) is 99.9 Å². The molecule has 4 amide bonds. The number of ether oxygens (including phenoxy) is 1. The van der Waals surface area contributed by atoms with Gasteiger partial charge in [-0.1, -0.05) is 107 Å². The molecule has 0 aliphatic carbocycles. The maximum absolute atomic E-state index is 14.0.